The molecular weight excluding hydrogens is 531 g/mol. The van der Waals surface area contributed by atoms with Crippen LogP contribution in [0.5, 0.6) is 0 Å². The van der Waals surface area contributed by atoms with Gasteiger partial charge in [-0.2, -0.15) is 26.3 Å². The lowest BCUT2D eigenvalue weighted by Crippen LogP contribution is -2.45. The fourth-order valence-corrected chi connectivity index (χ4v) is 4.09. The molecule has 0 saturated carbocycles. The molecule has 16 heteroatoms. The molecule has 210 valence electrons. The van der Waals surface area contributed by atoms with Crippen molar-refractivity contribution in [2.24, 2.45) is 5.41 Å². The van der Waals surface area contributed by atoms with Crippen LogP contribution in [0.3, 0.4) is 0 Å². The van der Waals surface area contributed by atoms with Crippen molar-refractivity contribution in [1.29, 1.82) is 0 Å². The lowest BCUT2D eigenvalue weighted by Gasteiger charge is -2.40. The molecule has 2 fully saturated rings. The minimum absolute atomic E-state index is 0.309. The summed E-state index contributed by atoms with van der Waals surface area (Å²) >= 11 is 0. The Bertz CT molecular complexity index is 1030. The predicted octanol–water partition coefficient (Wildman–Crippen LogP) is 3.77. The van der Waals surface area contributed by atoms with E-state index < -0.39 is 24.3 Å². The number of aliphatic carboxylic acids is 2. The number of anilines is 1. The quantitative estimate of drug-likeness (QED) is 0.546. The first-order valence-electron chi connectivity index (χ1n) is 11.1. The molecule has 2 saturated heterocycles. The maximum absolute atomic E-state index is 13.1. The highest BCUT2D eigenvalue weighted by molar-refractivity contribution is 5.73. The maximum atomic E-state index is 13.1. The van der Waals surface area contributed by atoms with Gasteiger partial charge < -0.3 is 15.1 Å². The molecule has 2 aliphatic heterocycles. The van der Waals surface area contributed by atoms with E-state index in [2.05, 4.69) is 36.9 Å². The minimum atomic E-state index is -5.08. The predicted molar refractivity (Wildman–Crippen MR) is 117 cm³/mol. The minimum Gasteiger partial charge on any atom is -0.475 e. The number of hydrogen-bond acceptors (Lipinski definition) is 7. The van der Waals surface area contributed by atoms with E-state index in [1.54, 1.807) is 0 Å². The number of carboxylic acids is 2. The summed E-state index contributed by atoms with van der Waals surface area (Å²) < 4.78 is 76.5. The number of piperidine rings is 1. The molecule has 0 bridgehead atoms. The molecule has 0 amide bonds. The molecule has 1 spiro atoms. The molecule has 1 unspecified atom stereocenters. The number of aromatic nitrogens is 3. The molecule has 9 nitrogen and oxygen atoms in total. The topological polar surface area (TPSA) is 120 Å². The number of rotatable bonds is 3. The first-order chi connectivity index (χ1) is 17.6. The van der Waals surface area contributed by atoms with E-state index >= 15 is 0 Å². The third kappa shape index (κ3) is 9.72. The molecule has 2 aromatic rings. The van der Waals surface area contributed by atoms with E-state index in [1.165, 1.54) is 30.8 Å². The zero-order valence-electron chi connectivity index (χ0n) is 19.7. The smallest absolute Gasteiger partial charge is 0.475 e. The molecule has 2 N–H and O–H groups in total. The third-order valence-corrected chi connectivity index (χ3v) is 5.71. The van der Waals surface area contributed by atoms with Crippen molar-refractivity contribution in [1.82, 2.24) is 19.9 Å². The normalized spacial score (nSPS) is 19.7. The summed E-state index contributed by atoms with van der Waals surface area (Å²) in [6.45, 7) is 5.13. The number of pyridine rings is 1. The van der Waals surface area contributed by atoms with Crippen LogP contribution in [0.2, 0.25) is 0 Å². The lowest BCUT2D eigenvalue weighted by atomic mass is 9.79. The van der Waals surface area contributed by atoms with Gasteiger partial charge in [-0.1, -0.05) is 0 Å². The molecule has 0 radical (unpaired) electrons. The van der Waals surface area contributed by atoms with Gasteiger partial charge in [-0.15, -0.1) is 0 Å². The Kier molecular flexibility index (Phi) is 10.3. The second-order valence-corrected chi connectivity index (χ2v) is 8.65. The molecule has 38 heavy (non-hydrogen) atoms. The standard InChI is InChI=1S/C18H22FN5.2C2HF3O2/c19-16-10-21-17(22-11-16)24-8-1-4-18(14-24)5-9-23(13-18)12-15-2-6-20-7-3-15;2*3-2(4,5)1(6)7/h2-3,6-7,10-11H,1,4-5,8-9,12-14H2;2*(H,6,7). The van der Waals surface area contributed by atoms with Crippen LogP contribution in [-0.2, 0) is 16.1 Å². The fraction of sp³-hybridized carbons (Fsp3) is 0.500. The number of carbonyl (C=O) groups is 2. The van der Waals surface area contributed by atoms with Gasteiger partial charge in [-0.05, 0) is 43.5 Å². The van der Waals surface area contributed by atoms with Crippen LogP contribution in [0.1, 0.15) is 24.8 Å². The van der Waals surface area contributed by atoms with E-state index in [1.807, 2.05) is 12.4 Å². The molecule has 2 aromatic heterocycles. The Morgan fingerprint density at radius 1 is 0.895 bits per heavy atom. The number of halogens is 7. The molecular formula is C22H24F7N5O4. The van der Waals surface area contributed by atoms with E-state index in [-0.39, 0.29) is 5.82 Å². The van der Waals surface area contributed by atoms with E-state index in [0.717, 1.165) is 39.1 Å². The Balaban J connectivity index is 0.000000301. The van der Waals surface area contributed by atoms with Gasteiger partial charge in [-0.25, -0.2) is 23.9 Å². The molecule has 0 aromatic carbocycles. The molecule has 1 atom stereocenters. The average Bonchev–Trinajstić information content (AvgIpc) is 3.21. The first kappa shape index (κ1) is 30.7. The van der Waals surface area contributed by atoms with Crippen LogP contribution in [0, 0.1) is 11.2 Å². The summed E-state index contributed by atoms with van der Waals surface area (Å²) in [6, 6.07) is 4.18. The number of alkyl halides is 6. The maximum Gasteiger partial charge on any atom is 0.490 e. The van der Waals surface area contributed by atoms with Gasteiger partial charge in [0, 0.05) is 44.0 Å². The SMILES string of the molecule is Fc1cnc(N2CCCC3(CCN(Cc4ccncc4)C3)C2)nc1.O=C(O)C(F)(F)F.O=C(O)C(F)(F)F. The zero-order valence-corrected chi connectivity index (χ0v) is 19.7. The Morgan fingerprint density at radius 2 is 1.42 bits per heavy atom. The summed E-state index contributed by atoms with van der Waals surface area (Å²) in [5.41, 5.74) is 1.62. The van der Waals surface area contributed by atoms with Crippen LogP contribution in [-0.4, -0.2) is 80.5 Å². The number of likely N-dealkylation sites (tertiary alicyclic amines) is 1. The van der Waals surface area contributed by atoms with Crippen molar-refractivity contribution in [3.05, 3.63) is 48.3 Å². The summed E-state index contributed by atoms with van der Waals surface area (Å²) in [5.74, 6) is -5.24. The Morgan fingerprint density at radius 3 is 1.92 bits per heavy atom. The highest BCUT2D eigenvalue weighted by Crippen LogP contribution is 2.40. The van der Waals surface area contributed by atoms with Crippen molar-refractivity contribution in [3.63, 3.8) is 0 Å². The van der Waals surface area contributed by atoms with E-state index in [4.69, 9.17) is 19.8 Å². The highest BCUT2D eigenvalue weighted by atomic mass is 19.4. The summed E-state index contributed by atoms with van der Waals surface area (Å²) in [4.78, 5) is 35.0. The molecule has 2 aliphatic rings. The Labute approximate surface area is 211 Å². The van der Waals surface area contributed by atoms with Gasteiger partial charge in [0.15, 0.2) is 5.82 Å². The van der Waals surface area contributed by atoms with E-state index in [9.17, 15) is 30.7 Å². The van der Waals surface area contributed by atoms with Gasteiger partial charge in [0.25, 0.3) is 0 Å². The average molecular weight is 555 g/mol. The number of carboxylic acid groups (broad SMARTS) is 2. The van der Waals surface area contributed by atoms with Crippen LogP contribution in [0.15, 0.2) is 36.9 Å². The third-order valence-electron chi connectivity index (χ3n) is 5.71. The first-order valence-corrected chi connectivity index (χ1v) is 11.1. The van der Waals surface area contributed by atoms with Gasteiger partial charge in [0.1, 0.15) is 0 Å². The van der Waals surface area contributed by atoms with Gasteiger partial charge in [0.2, 0.25) is 5.95 Å². The van der Waals surface area contributed by atoms with Crippen LogP contribution < -0.4 is 4.90 Å². The molecule has 4 heterocycles. The zero-order chi connectivity index (χ0) is 28.6. The fourth-order valence-electron chi connectivity index (χ4n) is 4.09. The Hall–Kier alpha value is -3.56. The van der Waals surface area contributed by atoms with Gasteiger partial charge in [0.05, 0.1) is 12.4 Å². The van der Waals surface area contributed by atoms with Crippen LogP contribution >= 0.6 is 0 Å². The number of nitrogens with zero attached hydrogens (tertiary/aromatic N) is 5. The monoisotopic (exact) mass is 555 g/mol. The number of hydrogen-bond donors (Lipinski definition) is 2. The van der Waals surface area contributed by atoms with Crippen molar-refractivity contribution in [2.75, 3.05) is 31.1 Å². The van der Waals surface area contributed by atoms with Crippen LogP contribution in [0.25, 0.3) is 0 Å². The lowest BCUT2D eigenvalue weighted by molar-refractivity contribution is -0.193. The second kappa shape index (κ2) is 12.8. The summed E-state index contributed by atoms with van der Waals surface area (Å²) in [5, 5.41) is 14.2. The van der Waals surface area contributed by atoms with Crippen molar-refractivity contribution < 1.29 is 50.5 Å². The second-order valence-electron chi connectivity index (χ2n) is 8.65. The van der Waals surface area contributed by atoms with Gasteiger partial charge >= 0.3 is 24.3 Å². The molecule has 4 rings (SSSR count). The van der Waals surface area contributed by atoms with Gasteiger partial charge in [-0.3, -0.25) is 9.88 Å². The van der Waals surface area contributed by atoms with Crippen molar-refractivity contribution in [2.45, 2.75) is 38.2 Å². The highest BCUT2D eigenvalue weighted by Gasteiger charge is 2.42. The van der Waals surface area contributed by atoms with Crippen LogP contribution in [0.4, 0.5) is 36.7 Å². The van der Waals surface area contributed by atoms with Crippen molar-refractivity contribution >= 4 is 17.9 Å². The molecule has 0 aliphatic carbocycles. The van der Waals surface area contributed by atoms with Crippen molar-refractivity contribution in [3.8, 4) is 0 Å². The summed E-state index contributed by atoms with van der Waals surface area (Å²) in [7, 11) is 0. The van der Waals surface area contributed by atoms with E-state index in [0.29, 0.717) is 11.4 Å². The summed E-state index contributed by atoms with van der Waals surface area (Å²) in [6.07, 6.45) is -0.343. The largest absolute Gasteiger partial charge is 0.490 e.